The molecule has 23 heavy (non-hydrogen) atoms. The maximum atomic E-state index is 9.28. The predicted octanol–water partition coefficient (Wildman–Crippen LogP) is 3.15. The average molecular weight is 300 g/mol. The first kappa shape index (κ1) is 14.3. The van der Waals surface area contributed by atoms with Crippen molar-refractivity contribution in [2.75, 3.05) is 0 Å². The summed E-state index contributed by atoms with van der Waals surface area (Å²) in [4.78, 5) is 0. The third-order valence-corrected chi connectivity index (χ3v) is 4.52. The van der Waals surface area contributed by atoms with E-state index in [2.05, 4.69) is 42.5 Å². The Balaban J connectivity index is 1.77. The number of rotatable bonds is 2. The van der Waals surface area contributed by atoms with Crippen LogP contribution in [-0.2, 0) is 6.42 Å². The minimum Gasteiger partial charge on any atom is -0.423 e. The smallest absolute Gasteiger partial charge is 0.423 e. The van der Waals surface area contributed by atoms with Crippen molar-refractivity contribution >= 4 is 29.4 Å². The molecule has 2 N–H and O–H groups in total. The van der Waals surface area contributed by atoms with Crippen LogP contribution in [0, 0.1) is 0 Å². The van der Waals surface area contributed by atoms with Gasteiger partial charge in [0.05, 0.1) is 0 Å². The lowest BCUT2D eigenvalue weighted by molar-refractivity contribution is 0.426. The minimum atomic E-state index is -1.42. The molecule has 3 aromatic rings. The fourth-order valence-electron chi connectivity index (χ4n) is 3.21. The third-order valence-electron chi connectivity index (χ3n) is 4.52. The summed E-state index contributed by atoms with van der Waals surface area (Å²) in [6, 6.07) is 18.4. The van der Waals surface area contributed by atoms with Gasteiger partial charge < -0.3 is 10.0 Å². The lowest BCUT2D eigenvalue weighted by Crippen LogP contribution is -2.29. The SMILES string of the molecule is OB(O)c1ccc2cc(-c3ccc4c(c3)C=CCC4)ccc2c1. The molecule has 0 bridgehead atoms. The van der Waals surface area contributed by atoms with Gasteiger partial charge in [0.15, 0.2) is 0 Å². The summed E-state index contributed by atoms with van der Waals surface area (Å²) >= 11 is 0. The number of hydrogen-bond acceptors (Lipinski definition) is 2. The van der Waals surface area contributed by atoms with Gasteiger partial charge in [-0.05, 0) is 63.5 Å². The molecule has 0 atom stereocenters. The number of hydrogen-bond donors (Lipinski definition) is 2. The van der Waals surface area contributed by atoms with Crippen molar-refractivity contribution in [1.82, 2.24) is 0 Å². The van der Waals surface area contributed by atoms with E-state index < -0.39 is 7.12 Å². The van der Waals surface area contributed by atoms with Crippen molar-refractivity contribution in [3.63, 3.8) is 0 Å². The molecule has 0 amide bonds. The maximum absolute atomic E-state index is 9.28. The Kier molecular flexibility index (Phi) is 3.53. The number of allylic oxidation sites excluding steroid dienone is 1. The molecular weight excluding hydrogens is 283 g/mol. The van der Waals surface area contributed by atoms with Crippen LogP contribution in [0.15, 0.2) is 60.7 Å². The molecule has 0 aliphatic heterocycles. The van der Waals surface area contributed by atoms with Crippen LogP contribution in [-0.4, -0.2) is 17.2 Å². The Hall–Kier alpha value is -2.36. The van der Waals surface area contributed by atoms with Gasteiger partial charge in [-0.15, -0.1) is 0 Å². The first-order chi connectivity index (χ1) is 11.2. The van der Waals surface area contributed by atoms with Crippen molar-refractivity contribution in [3.05, 3.63) is 71.8 Å². The second kappa shape index (κ2) is 5.69. The summed E-state index contributed by atoms with van der Waals surface area (Å²) in [6.07, 6.45) is 6.68. The average Bonchev–Trinajstić information content (AvgIpc) is 2.60. The van der Waals surface area contributed by atoms with Gasteiger partial charge in [-0.1, -0.05) is 54.6 Å². The van der Waals surface area contributed by atoms with E-state index in [1.807, 2.05) is 18.2 Å². The third kappa shape index (κ3) is 2.69. The zero-order valence-corrected chi connectivity index (χ0v) is 12.7. The fourth-order valence-corrected chi connectivity index (χ4v) is 3.21. The monoisotopic (exact) mass is 300 g/mol. The highest BCUT2D eigenvalue weighted by atomic mass is 16.4. The van der Waals surface area contributed by atoms with Gasteiger partial charge in [0.25, 0.3) is 0 Å². The Morgan fingerprint density at radius 2 is 1.52 bits per heavy atom. The van der Waals surface area contributed by atoms with E-state index >= 15 is 0 Å². The van der Waals surface area contributed by atoms with Crippen LogP contribution < -0.4 is 5.46 Å². The molecule has 112 valence electrons. The van der Waals surface area contributed by atoms with Crippen LogP contribution in [0.5, 0.6) is 0 Å². The van der Waals surface area contributed by atoms with E-state index in [1.54, 1.807) is 6.07 Å². The first-order valence-electron chi connectivity index (χ1n) is 7.90. The van der Waals surface area contributed by atoms with Crippen LogP contribution in [0.2, 0.25) is 0 Å². The highest BCUT2D eigenvalue weighted by Crippen LogP contribution is 2.28. The van der Waals surface area contributed by atoms with Gasteiger partial charge in [0.1, 0.15) is 0 Å². The highest BCUT2D eigenvalue weighted by molar-refractivity contribution is 6.58. The predicted molar refractivity (Wildman–Crippen MR) is 96.6 cm³/mol. The van der Waals surface area contributed by atoms with Gasteiger partial charge in [-0.2, -0.15) is 0 Å². The maximum Gasteiger partial charge on any atom is 0.488 e. The number of aryl methyl sites for hydroxylation is 1. The van der Waals surface area contributed by atoms with Gasteiger partial charge >= 0.3 is 7.12 Å². The van der Waals surface area contributed by atoms with Gasteiger partial charge in [0, 0.05) is 0 Å². The van der Waals surface area contributed by atoms with Gasteiger partial charge in [0.2, 0.25) is 0 Å². The summed E-state index contributed by atoms with van der Waals surface area (Å²) in [6.45, 7) is 0. The summed E-state index contributed by atoms with van der Waals surface area (Å²) < 4.78 is 0. The lowest BCUT2D eigenvalue weighted by Gasteiger charge is -2.12. The van der Waals surface area contributed by atoms with Crippen molar-refractivity contribution in [3.8, 4) is 11.1 Å². The molecule has 0 saturated carbocycles. The van der Waals surface area contributed by atoms with Gasteiger partial charge in [-0.3, -0.25) is 0 Å². The zero-order valence-electron chi connectivity index (χ0n) is 12.7. The number of benzene rings is 3. The fraction of sp³-hybridized carbons (Fsp3) is 0.100. The van der Waals surface area contributed by atoms with E-state index in [9.17, 15) is 10.0 Å². The van der Waals surface area contributed by atoms with Crippen LogP contribution >= 0.6 is 0 Å². The molecule has 0 aromatic heterocycles. The topological polar surface area (TPSA) is 40.5 Å². The molecular formula is C20H17BO2. The Labute approximate surface area is 135 Å². The molecule has 4 rings (SSSR count). The summed E-state index contributed by atoms with van der Waals surface area (Å²) in [5.41, 5.74) is 5.63. The Bertz CT molecular complexity index is 913. The lowest BCUT2D eigenvalue weighted by atomic mass is 9.79. The summed E-state index contributed by atoms with van der Waals surface area (Å²) in [5, 5.41) is 20.7. The molecule has 1 aliphatic carbocycles. The second-order valence-corrected chi connectivity index (χ2v) is 6.05. The molecule has 0 fully saturated rings. The Morgan fingerprint density at radius 1 is 0.783 bits per heavy atom. The molecule has 0 heterocycles. The summed E-state index contributed by atoms with van der Waals surface area (Å²) in [7, 11) is -1.42. The van der Waals surface area contributed by atoms with Gasteiger partial charge in [-0.25, -0.2) is 0 Å². The van der Waals surface area contributed by atoms with Crippen molar-refractivity contribution in [2.24, 2.45) is 0 Å². The quantitative estimate of drug-likeness (QED) is 0.714. The van der Waals surface area contributed by atoms with Crippen LogP contribution in [0.25, 0.3) is 28.0 Å². The molecule has 2 nitrogen and oxygen atoms in total. The standard InChI is InChI=1S/C20H17BO2/c22-21(23)20-10-9-18-12-17(7-8-19(18)13-20)16-6-5-14-3-1-2-4-15(14)11-16/h2,4-13,22-23H,1,3H2. The van der Waals surface area contributed by atoms with Crippen LogP contribution in [0.4, 0.5) is 0 Å². The molecule has 0 unspecified atom stereocenters. The number of fused-ring (bicyclic) bond motifs is 2. The van der Waals surface area contributed by atoms with Crippen molar-refractivity contribution in [2.45, 2.75) is 12.8 Å². The van der Waals surface area contributed by atoms with E-state index in [0.717, 1.165) is 23.6 Å². The van der Waals surface area contributed by atoms with Crippen LogP contribution in [0.3, 0.4) is 0 Å². The van der Waals surface area contributed by atoms with E-state index in [0.29, 0.717) is 5.46 Å². The van der Waals surface area contributed by atoms with E-state index in [1.165, 1.54) is 22.3 Å². The molecule has 0 radical (unpaired) electrons. The minimum absolute atomic E-state index is 0.518. The molecule has 0 spiro atoms. The molecule has 0 saturated heterocycles. The zero-order chi connectivity index (χ0) is 15.8. The van der Waals surface area contributed by atoms with Crippen LogP contribution in [0.1, 0.15) is 17.5 Å². The molecule has 1 aliphatic rings. The second-order valence-electron chi connectivity index (χ2n) is 6.05. The molecule has 3 aromatic carbocycles. The molecule has 3 heteroatoms. The normalized spacial score (nSPS) is 13.1. The van der Waals surface area contributed by atoms with E-state index in [4.69, 9.17) is 0 Å². The van der Waals surface area contributed by atoms with Crippen molar-refractivity contribution < 1.29 is 10.0 Å². The largest absolute Gasteiger partial charge is 0.488 e. The first-order valence-corrected chi connectivity index (χ1v) is 7.90. The van der Waals surface area contributed by atoms with Crippen molar-refractivity contribution in [1.29, 1.82) is 0 Å². The van der Waals surface area contributed by atoms with E-state index in [-0.39, 0.29) is 0 Å². The Morgan fingerprint density at radius 3 is 2.39 bits per heavy atom. The highest BCUT2D eigenvalue weighted by Gasteiger charge is 2.11. The summed E-state index contributed by atoms with van der Waals surface area (Å²) in [5.74, 6) is 0.